The maximum atomic E-state index is 12.7. The number of hydrogen-bond donors (Lipinski definition) is 1. The third-order valence-corrected chi connectivity index (χ3v) is 2.81. The number of rotatable bonds is 3. The molecule has 0 saturated heterocycles. The number of alkyl halides is 3. The SMILES string of the molecule is CC(NC1(C(F)(F)F)CC1)c1cnccn1. The molecule has 0 aromatic carbocycles. The number of nitrogens with one attached hydrogen (secondary N) is 1. The fourth-order valence-electron chi connectivity index (χ4n) is 1.66. The first-order valence-electron chi connectivity index (χ1n) is 5.05. The fourth-order valence-corrected chi connectivity index (χ4v) is 1.66. The highest BCUT2D eigenvalue weighted by Crippen LogP contribution is 2.50. The molecule has 1 atom stereocenters. The molecule has 0 amide bonds. The molecule has 3 nitrogen and oxygen atoms in total. The van der Waals surface area contributed by atoms with Crippen molar-refractivity contribution in [3.63, 3.8) is 0 Å². The van der Waals surface area contributed by atoms with E-state index in [0.29, 0.717) is 5.69 Å². The molecule has 1 fully saturated rings. The second-order valence-electron chi connectivity index (χ2n) is 4.08. The summed E-state index contributed by atoms with van der Waals surface area (Å²) in [6.45, 7) is 1.66. The van der Waals surface area contributed by atoms with E-state index in [0.717, 1.165) is 0 Å². The van der Waals surface area contributed by atoms with Gasteiger partial charge in [-0.15, -0.1) is 0 Å². The molecular weight excluding hydrogens is 219 g/mol. The molecule has 1 aliphatic carbocycles. The van der Waals surface area contributed by atoms with Gasteiger partial charge in [0, 0.05) is 24.6 Å². The Morgan fingerprint density at radius 2 is 2.06 bits per heavy atom. The highest BCUT2D eigenvalue weighted by atomic mass is 19.4. The van der Waals surface area contributed by atoms with E-state index in [9.17, 15) is 13.2 Å². The zero-order valence-electron chi connectivity index (χ0n) is 8.75. The lowest BCUT2D eigenvalue weighted by Crippen LogP contribution is -2.46. The predicted molar refractivity (Wildman–Crippen MR) is 51.6 cm³/mol. The second kappa shape index (κ2) is 3.69. The molecule has 1 aromatic heterocycles. The van der Waals surface area contributed by atoms with Crippen LogP contribution in [0.25, 0.3) is 0 Å². The van der Waals surface area contributed by atoms with Gasteiger partial charge in [-0.3, -0.25) is 15.3 Å². The van der Waals surface area contributed by atoms with Gasteiger partial charge in [-0.1, -0.05) is 0 Å². The van der Waals surface area contributed by atoms with Crippen LogP contribution in [0.4, 0.5) is 13.2 Å². The summed E-state index contributed by atoms with van der Waals surface area (Å²) in [6.07, 6.45) is 0.531. The van der Waals surface area contributed by atoms with Crippen molar-refractivity contribution in [2.75, 3.05) is 0 Å². The van der Waals surface area contributed by atoms with Crippen molar-refractivity contribution in [1.82, 2.24) is 15.3 Å². The molecule has 1 heterocycles. The van der Waals surface area contributed by atoms with E-state index in [1.54, 1.807) is 6.92 Å². The Bertz CT molecular complexity index is 359. The minimum Gasteiger partial charge on any atom is -0.295 e. The van der Waals surface area contributed by atoms with Gasteiger partial charge in [0.25, 0.3) is 0 Å². The quantitative estimate of drug-likeness (QED) is 0.866. The summed E-state index contributed by atoms with van der Waals surface area (Å²) < 4.78 is 38.0. The Kier molecular flexibility index (Phi) is 2.61. The van der Waals surface area contributed by atoms with E-state index >= 15 is 0 Å². The highest BCUT2D eigenvalue weighted by Gasteiger charge is 2.63. The Morgan fingerprint density at radius 1 is 1.38 bits per heavy atom. The van der Waals surface area contributed by atoms with Gasteiger partial charge in [0.2, 0.25) is 0 Å². The molecule has 88 valence electrons. The summed E-state index contributed by atoms with van der Waals surface area (Å²) in [6, 6.07) is -0.446. The number of halogens is 3. The first-order chi connectivity index (χ1) is 7.45. The largest absolute Gasteiger partial charge is 0.406 e. The first-order valence-corrected chi connectivity index (χ1v) is 5.05. The molecule has 1 aliphatic rings. The Hall–Kier alpha value is -1.17. The lowest BCUT2D eigenvalue weighted by Gasteiger charge is -2.24. The van der Waals surface area contributed by atoms with Crippen molar-refractivity contribution >= 4 is 0 Å². The van der Waals surface area contributed by atoms with Gasteiger partial charge in [-0.25, -0.2) is 0 Å². The van der Waals surface area contributed by atoms with Crippen LogP contribution in [-0.4, -0.2) is 21.7 Å². The molecule has 0 aliphatic heterocycles. The number of nitrogens with zero attached hydrogens (tertiary/aromatic N) is 2. The molecule has 1 unspecified atom stereocenters. The summed E-state index contributed by atoms with van der Waals surface area (Å²) >= 11 is 0. The van der Waals surface area contributed by atoms with Crippen LogP contribution >= 0.6 is 0 Å². The number of aromatic nitrogens is 2. The molecule has 6 heteroatoms. The van der Waals surface area contributed by atoms with E-state index in [1.807, 2.05) is 0 Å². The molecule has 0 radical (unpaired) electrons. The normalized spacial score (nSPS) is 20.5. The molecule has 1 N–H and O–H groups in total. The first kappa shape index (κ1) is 11.3. The van der Waals surface area contributed by atoms with E-state index in [4.69, 9.17) is 0 Å². The maximum absolute atomic E-state index is 12.7. The Labute approximate surface area is 91.1 Å². The van der Waals surface area contributed by atoms with E-state index in [2.05, 4.69) is 15.3 Å². The van der Waals surface area contributed by atoms with Crippen LogP contribution in [0.2, 0.25) is 0 Å². The highest BCUT2D eigenvalue weighted by molar-refractivity contribution is 5.12. The molecular formula is C10H12F3N3. The molecule has 0 bridgehead atoms. The molecule has 0 spiro atoms. The van der Waals surface area contributed by atoms with Gasteiger partial charge >= 0.3 is 6.18 Å². The number of hydrogen-bond acceptors (Lipinski definition) is 3. The zero-order chi connectivity index (χ0) is 11.8. The smallest absolute Gasteiger partial charge is 0.295 e. The molecule has 2 rings (SSSR count). The van der Waals surface area contributed by atoms with Gasteiger partial charge in [0.05, 0.1) is 5.69 Å². The summed E-state index contributed by atoms with van der Waals surface area (Å²) in [5, 5.41) is 2.60. The van der Waals surface area contributed by atoms with E-state index < -0.39 is 17.8 Å². The van der Waals surface area contributed by atoms with Gasteiger partial charge in [0.1, 0.15) is 5.54 Å². The van der Waals surface area contributed by atoms with Crippen LogP contribution < -0.4 is 5.32 Å². The summed E-state index contributed by atoms with van der Waals surface area (Å²) in [4.78, 5) is 7.81. The summed E-state index contributed by atoms with van der Waals surface area (Å²) in [5.74, 6) is 0. The molecule has 16 heavy (non-hydrogen) atoms. The fraction of sp³-hybridized carbons (Fsp3) is 0.600. The van der Waals surface area contributed by atoms with Crippen LogP contribution in [0.3, 0.4) is 0 Å². The Morgan fingerprint density at radius 3 is 2.50 bits per heavy atom. The van der Waals surface area contributed by atoms with Gasteiger partial charge in [0.15, 0.2) is 0 Å². The van der Waals surface area contributed by atoms with Crippen molar-refractivity contribution in [1.29, 1.82) is 0 Å². The van der Waals surface area contributed by atoms with Crippen molar-refractivity contribution in [3.05, 3.63) is 24.3 Å². The second-order valence-corrected chi connectivity index (χ2v) is 4.08. The lowest BCUT2D eigenvalue weighted by atomic mass is 10.1. The van der Waals surface area contributed by atoms with Crippen molar-refractivity contribution in [3.8, 4) is 0 Å². The van der Waals surface area contributed by atoms with Gasteiger partial charge in [-0.05, 0) is 19.8 Å². The topological polar surface area (TPSA) is 37.8 Å². The van der Waals surface area contributed by atoms with Crippen molar-refractivity contribution in [2.45, 2.75) is 37.5 Å². The standard InChI is InChI=1S/C10H12F3N3/c1-7(8-6-14-4-5-15-8)16-9(2-3-9)10(11,12)13/h4-7,16H,2-3H2,1H3. The average Bonchev–Trinajstić information content (AvgIpc) is 2.99. The molecule has 1 aromatic rings. The summed E-state index contributed by atoms with van der Waals surface area (Å²) in [7, 11) is 0. The Balaban J connectivity index is 2.06. The minimum atomic E-state index is -4.19. The zero-order valence-corrected chi connectivity index (χ0v) is 8.75. The van der Waals surface area contributed by atoms with Crippen LogP contribution in [0.15, 0.2) is 18.6 Å². The van der Waals surface area contributed by atoms with Gasteiger partial charge < -0.3 is 0 Å². The van der Waals surface area contributed by atoms with Crippen molar-refractivity contribution < 1.29 is 13.2 Å². The summed E-state index contributed by atoms with van der Waals surface area (Å²) in [5.41, 5.74) is -1.18. The van der Waals surface area contributed by atoms with E-state index in [-0.39, 0.29) is 12.8 Å². The lowest BCUT2D eigenvalue weighted by molar-refractivity contribution is -0.167. The van der Waals surface area contributed by atoms with Crippen molar-refractivity contribution in [2.24, 2.45) is 0 Å². The molecule has 1 saturated carbocycles. The minimum absolute atomic E-state index is 0.140. The van der Waals surface area contributed by atoms with Gasteiger partial charge in [-0.2, -0.15) is 13.2 Å². The van der Waals surface area contributed by atoms with Crippen LogP contribution in [-0.2, 0) is 0 Å². The third kappa shape index (κ3) is 2.02. The predicted octanol–water partition coefficient (Wildman–Crippen LogP) is 2.22. The maximum Gasteiger partial charge on any atom is 0.406 e. The average molecular weight is 231 g/mol. The third-order valence-electron chi connectivity index (χ3n) is 2.81. The van der Waals surface area contributed by atoms with Crippen LogP contribution in [0, 0.1) is 0 Å². The van der Waals surface area contributed by atoms with E-state index in [1.165, 1.54) is 18.6 Å². The monoisotopic (exact) mass is 231 g/mol. The van der Waals surface area contributed by atoms with Crippen LogP contribution in [0.5, 0.6) is 0 Å². The van der Waals surface area contributed by atoms with Crippen LogP contribution in [0.1, 0.15) is 31.5 Å².